The van der Waals surface area contributed by atoms with E-state index in [4.69, 9.17) is 10.5 Å². The number of aromatic nitrogens is 2. The molecule has 32 heavy (non-hydrogen) atoms. The number of amides is 2. The topological polar surface area (TPSA) is 117 Å². The number of halogens is 1. The number of rotatable bonds is 9. The normalized spacial score (nSPS) is 10.8. The molecule has 2 aromatic carbocycles. The van der Waals surface area contributed by atoms with Gasteiger partial charge in [-0.25, -0.2) is 9.18 Å². The van der Waals surface area contributed by atoms with Gasteiger partial charge in [0.25, 0.3) is 5.91 Å². The molecule has 0 saturated heterocycles. The van der Waals surface area contributed by atoms with Gasteiger partial charge >= 0.3 is 11.7 Å². The SMILES string of the molecule is Cn1c(=O)n(CCC(=O)OCC(=O)N(CCC(N)=O)c2ccc(F)cc2)c2ccccc21. The van der Waals surface area contributed by atoms with Gasteiger partial charge in [-0.3, -0.25) is 23.5 Å². The van der Waals surface area contributed by atoms with E-state index < -0.39 is 30.2 Å². The number of nitrogens with zero attached hydrogens (tertiary/aromatic N) is 3. The van der Waals surface area contributed by atoms with E-state index in [2.05, 4.69) is 0 Å². The Labute approximate surface area is 182 Å². The summed E-state index contributed by atoms with van der Waals surface area (Å²) >= 11 is 0. The van der Waals surface area contributed by atoms with Crippen molar-refractivity contribution in [2.24, 2.45) is 12.8 Å². The number of anilines is 1. The smallest absolute Gasteiger partial charge is 0.328 e. The van der Waals surface area contributed by atoms with Gasteiger partial charge in [-0.15, -0.1) is 0 Å². The Hall–Kier alpha value is -3.95. The van der Waals surface area contributed by atoms with E-state index in [0.29, 0.717) is 11.2 Å². The van der Waals surface area contributed by atoms with Crippen molar-refractivity contribution in [3.8, 4) is 0 Å². The minimum Gasteiger partial charge on any atom is -0.455 e. The van der Waals surface area contributed by atoms with Crippen LogP contribution in [-0.4, -0.2) is 40.1 Å². The maximum Gasteiger partial charge on any atom is 0.328 e. The van der Waals surface area contributed by atoms with Crippen LogP contribution in [0.2, 0.25) is 0 Å². The molecule has 0 aliphatic rings. The van der Waals surface area contributed by atoms with Gasteiger partial charge in [0, 0.05) is 32.2 Å². The molecule has 0 aliphatic carbocycles. The van der Waals surface area contributed by atoms with Crippen molar-refractivity contribution in [1.29, 1.82) is 0 Å². The predicted octanol–water partition coefficient (Wildman–Crippen LogP) is 1.32. The molecule has 0 aliphatic heterocycles. The van der Waals surface area contributed by atoms with Gasteiger partial charge in [0.2, 0.25) is 5.91 Å². The Morgan fingerprint density at radius 2 is 1.69 bits per heavy atom. The zero-order chi connectivity index (χ0) is 23.3. The van der Waals surface area contributed by atoms with Crippen LogP contribution in [-0.2, 0) is 32.7 Å². The summed E-state index contributed by atoms with van der Waals surface area (Å²) in [4.78, 5) is 49.5. The minimum absolute atomic E-state index is 0.0389. The molecule has 0 radical (unpaired) electrons. The molecule has 0 atom stereocenters. The van der Waals surface area contributed by atoms with E-state index in [9.17, 15) is 23.6 Å². The van der Waals surface area contributed by atoms with E-state index in [0.717, 1.165) is 5.52 Å². The lowest BCUT2D eigenvalue weighted by atomic mass is 10.2. The minimum atomic E-state index is -0.660. The summed E-state index contributed by atoms with van der Waals surface area (Å²) in [5.74, 6) is -2.34. The fraction of sp³-hybridized carbons (Fsp3) is 0.273. The Morgan fingerprint density at radius 3 is 2.34 bits per heavy atom. The lowest BCUT2D eigenvalue weighted by molar-refractivity contribution is -0.148. The largest absolute Gasteiger partial charge is 0.455 e. The van der Waals surface area contributed by atoms with E-state index in [1.807, 2.05) is 6.07 Å². The Kier molecular flexibility index (Phi) is 7.04. The summed E-state index contributed by atoms with van der Waals surface area (Å²) in [5, 5.41) is 0. The molecule has 168 valence electrons. The van der Waals surface area contributed by atoms with Gasteiger partial charge in [0.15, 0.2) is 6.61 Å². The van der Waals surface area contributed by atoms with E-state index >= 15 is 0 Å². The second kappa shape index (κ2) is 9.90. The summed E-state index contributed by atoms with van der Waals surface area (Å²) in [6, 6.07) is 12.3. The van der Waals surface area contributed by atoms with Crippen LogP contribution in [0, 0.1) is 5.82 Å². The van der Waals surface area contributed by atoms with Crippen molar-refractivity contribution in [2.45, 2.75) is 19.4 Å². The Bertz CT molecular complexity index is 1200. The Balaban J connectivity index is 1.62. The van der Waals surface area contributed by atoms with E-state index in [1.54, 1.807) is 25.2 Å². The molecule has 1 aromatic heterocycles. The van der Waals surface area contributed by atoms with Crippen LogP contribution in [0.4, 0.5) is 10.1 Å². The van der Waals surface area contributed by atoms with Gasteiger partial charge in [-0.2, -0.15) is 0 Å². The average Bonchev–Trinajstić information content (AvgIpc) is 3.02. The highest BCUT2D eigenvalue weighted by molar-refractivity contribution is 5.95. The zero-order valence-electron chi connectivity index (χ0n) is 17.5. The molecule has 3 rings (SSSR count). The molecule has 2 N–H and O–H groups in total. The van der Waals surface area contributed by atoms with Crippen LogP contribution in [0.15, 0.2) is 53.3 Å². The van der Waals surface area contributed by atoms with Crippen molar-refractivity contribution in [3.63, 3.8) is 0 Å². The van der Waals surface area contributed by atoms with Crippen molar-refractivity contribution in [3.05, 3.63) is 64.8 Å². The first kappa shape index (κ1) is 22.7. The molecule has 0 unspecified atom stereocenters. The maximum absolute atomic E-state index is 13.2. The van der Waals surface area contributed by atoms with Crippen LogP contribution >= 0.6 is 0 Å². The van der Waals surface area contributed by atoms with E-state index in [1.165, 1.54) is 38.3 Å². The third kappa shape index (κ3) is 5.20. The summed E-state index contributed by atoms with van der Waals surface area (Å²) in [7, 11) is 1.65. The van der Waals surface area contributed by atoms with Crippen LogP contribution in [0.3, 0.4) is 0 Å². The van der Waals surface area contributed by atoms with Gasteiger partial charge < -0.3 is 15.4 Å². The van der Waals surface area contributed by atoms with Crippen LogP contribution in [0.25, 0.3) is 11.0 Å². The molecule has 0 saturated carbocycles. The molecule has 2 amide bonds. The molecule has 10 heteroatoms. The molecule has 1 heterocycles. The summed E-state index contributed by atoms with van der Waals surface area (Å²) < 4.78 is 21.2. The quantitative estimate of drug-likeness (QED) is 0.502. The number of aryl methyl sites for hydroxylation is 2. The van der Waals surface area contributed by atoms with Gasteiger partial charge in [0.05, 0.1) is 17.5 Å². The van der Waals surface area contributed by atoms with Crippen molar-refractivity contribution >= 4 is 34.5 Å². The number of benzene rings is 2. The monoisotopic (exact) mass is 442 g/mol. The number of hydrogen-bond donors (Lipinski definition) is 1. The van der Waals surface area contributed by atoms with Crippen molar-refractivity contribution in [2.75, 3.05) is 18.1 Å². The second-order valence-electron chi connectivity index (χ2n) is 7.13. The second-order valence-corrected chi connectivity index (χ2v) is 7.13. The zero-order valence-corrected chi connectivity index (χ0v) is 17.5. The lowest BCUT2D eigenvalue weighted by Gasteiger charge is -2.22. The predicted molar refractivity (Wildman–Crippen MR) is 115 cm³/mol. The summed E-state index contributed by atoms with van der Waals surface area (Å²) in [6.07, 6.45) is -0.222. The lowest BCUT2D eigenvalue weighted by Crippen LogP contribution is -2.37. The number of nitrogens with two attached hydrogens (primary N) is 1. The molecule has 9 nitrogen and oxygen atoms in total. The van der Waals surface area contributed by atoms with Crippen LogP contribution in [0.5, 0.6) is 0 Å². The van der Waals surface area contributed by atoms with E-state index in [-0.39, 0.29) is 31.6 Å². The van der Waals surface area contributed by atoms with Crippen molar-refractivity contribution < 1.29 is 23.5 Å². The number of fused-ring (bicyclic) bond motifs is 1. The third-order valence-corrected chi connectivity index (χ3v) is 4.97. The molecule has 3 aromatic rings. The fourth-order valence-corrected chi connectivity index (χ4v) is 3.32. The highest BCUT2D eigenvalue weighted by Crippen LogP contribution is 2.16. The fourth-order valence-electron chi connectivity index (χ4n) is 3.32. The number of ether oxygens (including phenoxy) is 1. The number of esters is 1. The van der Waals surface area contributed by atoms with Gasteiger partial charge in [0.1, 0.15) is 5.82 Å². The molecular weight excluding hydrogens is 419 g/mol. The first-order chi connectivity index (χ1) is 15.3. The summed E-state index contributed by atoms with van der Waals surface area (Å²) in [5.41, 5.74) is 6.68. The Morgan fingerprint density at radius 1 is 1.03 bits per heavy atom. The van der Waals surface area contributed by atoms with Gasteiger partial charge in [-0.1, -0.05) is 12.1 Å². The molecule has 0 spiro atoms. The number of carbonyl (C=O) groups is 3. The maximum atomic E-state index is 13.2. The number of para-hydroxylation sites is 2. The standard InChI is InChI=1S/C22H23FN4O5/c1-25-17-4-2-3-5-18(17)27(22(25)31)13-11-21(30)32-14-20(29)26(12-10-19(24)28)16-8-6-15(23)7-9-16/h2-9H,10-14H2,1H3,(H2,24,28). The van der Waals surface area contributed by atoms with Crippen LogP contribution < -0.4 is 16.3 Å². The third-order valence-electron chi connectivity index (χ3n) is 4.97. The molecule has 0 bridgehead atoms. The number of hydrogen-bond acceptors (Lipinski definition) is 5. The first-order valence-corrected chi connectivity index (χ1v) is 9.92. The van der Waals surface area contributed by atoms with Gasteiger partial charge in [-0.05, 0) is 36.4 Å². The first-order valence-electron chi connectivity index (χ1n) is 9.92. The van der Waals surface area contributed by atoms with Crippen LogP contribution in [0.1, 0.15) is 12.8 Å². The number of primary amides is 1. The highest BCUT2D eigenvalue weighted by Gasteiger charge is 2.19. The number of imidazole rings is 1. The average molecular weight is 442 g/mol. The molecule has 0 fully saturated rings. The van der Waals surface area contributed by atoms with Crippen molar-refractivity contribution in [1.82, 2.24) is 9.13 Å². The molecular formula is C22H23FN4O5. The summed E-state index contributed by atoms with van der Waals surface area (Å²) in [6.45, 7) is -0.515. The number of carbonyl (C=O) groups excluding carboxylic acids is 3. The highest BCUT2D eigenvalue weighted by atomic mass is 19.1.